The van der Waals surface area contributed by atoms with Crippen LogP contribution in [0.2, 0.25) is 0 Å². The fourth-order valence-corrected chi connectivity index (χ4v) is 3.38. The predicted molar refractivity (Wildman–Crippen MR) is 99.3 cm³/mol. The third kappa shape index (κ3) is 2.38. The van der Waals surface area contributed by atoms with E-state index >= 15 is 0 Å². The highest BCUT2D eigenvalue weighted by Crippen LogP contribution is 2.23. The van der Waals surface area contributed by atoms with Crippen molar-refractivity contribution in [3.63, 3.8) is 0 Å². The first-order valence-electron chi connectivity index (χ1n) is 8.42. The first-order valence-corrected chi connectivity index (χ1v) is 8.42. The van der Waals surface area contributed by atoms with Gasteiger partial charge in [-0.15, -0.1) is 0 Å². The molecule has 8 nitrogen and oxygen atoms in total. The van der Waals surface area contributed by atoms with Crippen LogP contribution in [0.4, 0.5) is 11.6 Å². The second kappa shape index (κ2) is 6.14. The molecule has 0 atom stereocenters. The number of imidazole rings is 1. The number of anilines is 2. The van der Waals surface area contributed by atoms with Gasteiger partial charge in [0.1, 0.15) is 12.1 Å². The number of nitrogens with two attached hydrogens (primary N) is 1. The summed E-state index contributed by atoms with van der Waals surface area (Å²) in [4.78, 5) is 25.1. The Morgan fingerprint density at radius 1 is 1.31 bits per heavy atom. The summed E-state index contributed by atoms with van der Waals surface area (Å²) >= 11 is 0. The molecule has 0 aliphatic carbocycles. The molecule has 0 radical (unpaired) electrons. The molecule has 0 spiro atoms. The standard InChI is InChI=1S/C18H20N7O/c1-3-25-14-7-5-4-6-13(14)23(2)15(25)10-24(11-26)18-16(19)22-17-12(21-18)8-9-20-17/h4-9,11H,3,10H2,1-2H3,(H3,19,20,22)/q+1. The number of amides is 1. The maximum Gasteiger partial charge on any atom is 0.277 e. The molecule has 0 unspecified atom stereocenters. The van der Waals surface area contributed by atoms with E-state index in [0.717, 1.165) is 29.8 Å². The van der Waals surface area contributed by atoms with Crippen LogP contribution in [0.1, 0.15) is 12.7 Å². The highest BCUT2D eigenvalue weighted by molar-refractivity contribution is 5.84. The molecule has 1 amide bonds. The van der Waals surface area contributed by atoms with Crippen molar-refractivity contribution in [1.82, 2.24) is 19.5 Å². The van der Waals surface area contributed by atoms with Crippen LogP contribution in [-0.2, 0) is 24.9 Å². The molecule has 132 valence electrons. The third-order valence-electron chi connectivity index (χ3n) is 4.65. The lowest BCUT2D eigenvalue weighted by atomic mass is 10.3. The number of fused-ring (bicyclic) bond motifs is 2. The van der Waals surface area contributed by atoms with Gasteiger partial charge in [-0.1, -0.05) is 12.1 Å². The normalized spacial score (nSPS) is 11.3. The molecule has 3 N–H and O–H groups in total. The van der Waals surface area contributed by atoms with E-state index in [9.17, 15) is 4.79 Å². The smallest absolute Gasteiger partial charge is 0.277 e. The predicted octanol–water partition coefficient (Wildman–Crippen LogP) is 1.50. The topological polar surface area (TPSA) is 96.7 Å². The van der Waals surface area contributed by atoms with Crippen LogP contribution in [0, 0.1) is 0 Å². The van der Waals surface area contributed by atoms with Crippen LogP contribution in [0.15, 0.2) is 36.5 Å². The van der Waals surface area contributed by atoms with Gasteiger partial charge in [0.2, 0.25) is 6.41 Å². The van der Waals surface area contributed by atoms with Crippen molar-refractivity contribution >= 4 is 40.2 Å². The molecule has 0 saturated carbocycles. The Morgan fingerprint density at radius 2 is 2.12 bits per heavy atom. The summed E-state index contributed by atoms with van der Waals surface area (Å²) in [6.45, 7) is 3.22. The Labute approximate surface area is 149 Å². The van der Waals surface area contributed by atoms with Gasteiger partial charge < -0.3 is 10.7 Å². The minimum absolute atomic E-state index is 0.217. The molecule has 0 bridgehead atoms. The molecule has 26 heavy (non-hydrogen) atoms. The van der Waals surface area contributed by atoms with Gasteiger partial charge in [0, 0.05) is 6.20 Å². The molecule has 0 saturated heterocycles. The van der Waals surface area contributed by atoms with E-state index < -0.39 is 0 Å². The number of nitrogen functional groups attached to an aromatic ring is 1. The number of rotatable bonds is 5. The van der Waals surface area contributed by atoms with Gasteiger partial charge in [-0.05, 0) is 25.1 Å². The van der Waals surface area contributed by atoms with Crippen LogP contribution in [-0.4, -0.2) is 25.9 Å². The van der Waals surface area contributed by atoms with E-state index in [1.807, 2.05) is 19.2 Å². The lowest BCUT2D eigenvalue weighted by Gasteiger charge is -2.16. The highest BCUT2D eigenvalue weighted by atomic mass is 16.1. The van der Waals surface area contributed by atoms with Crippen LogP contribution >= 0.6 is 0 Å². The minimum Gasteiger partial charge on any atom is -0.381 e. The Morgan fingerprint density at radius 3 is 2.88 bits per heavy atom. The zero-order chi connectivity index (χ0) is 18.3. The summed E-state index contributed by atoms with van der Waals surface area (Å²) in [5, 5.41) is 0. The molecule has 0 aliphatic heterocycles. The van der Waals surface area contributed by atoms with E-state index in [-0.39, 0.29) is 5.82 Å². The fraction of sp³-hybridized carbons (Fsp3) is 0.222. The van der Waals surface area contributed by atoms with Gasteiger partial charge in [0.05, 0.1) is 13.6 Å². The van der Waals surface area contributed by atoms with E-state index in [2.05, 4.69) is 43.1 Å². The Bertz CT molecular complexity index is 1110. The van der Waals surface area contributed by atoms with Gasteiger partial charge in [-0.2, -0.15) is 0 Å². The van der Waals surface area contributed by atoms with Crippen LogP contribution < -0.4 is 15.2 Å². The van der Waals surface area contributed by atoms with Crippen molar-refractivity contribution in [1.29, 1.82) is 0 Å². The number of carbonyl (C=O) groups excluding carboxylic acids is 1. The molecule has 3 aromatic heterocycles. The van der Waals surface area contributed by atoms with Crippen molar-refractivity contribution in [2.45, 2.75) is 20.0 Å². The molecule has 0 aliphatic rings. The van der Waals surface area contributed by atoms with E-state index in [1.165, 1.54) is 4.90 Å². The number of hydrogen-bond donors (Lipinski definition) is 2. The Kier molecular flexibility index (Phi) is 3.80. The SMILES string of the molecule is CCn1c(CN(C=O)c2nc3cc[nH]c3nc2N)[n+](C)c2ccccc21. The average molecular weight is 350 g/mol. The Balaban J connectivity index is 1.81. The van der Waals surface area contributed by atoms with Crippen molar-refractivity contribution in [2.24, 2.45) is 7.05 Å². The van der Waals surface area contributed by atoms with Gasteiger partial charge >= 0.3 is 0 Å². The van der Waals surface area contributed by atoms with Crippen LogP contribution in [0.25, 0.3) is 22.2 Å². The number of nitrogens with one attached hydrogen (secondary N) is 1. The number of hydrogen-bond acceptors (Lipinski definition) is 4. The molecular weight excluding hydrogens is 330 g/mol. The van der Waals surface area contributed by atoms with Gasteiger partial charge in [-0.3, -0.25) is 9.69 Å². The van der Waals surface area contributed by atoms with E-state index in [4.69, 9.17) is 5.73 Å². The summed E-state index contributed by atoms with van der Waals surface area (Å²) in [6.07, 6.45) is 2.49. The van der Waals surface area contributed by atoms with Crippen molar-refractivity contribution < 1.29 is 9.36 Å². The number of aromatic amines is 1. The summed E-state index contributed by atoms with van der Waals surface area (Å²) < 4.78 is 4.28. The summed E-state index contributed by atoms with van der Waals surface area (Å²) in [7, 11) is 2.00. The fourth-order valence-electron chi connectivity index (χ4n) is 3.38. The molecule has 4 rings (SSSR count). The molecule has 8 heteroatoms. The number of para-hydroxylation sites is 2. The maximum atomic E-state index is 11.8. The van der Waals surface area contributed by atoms with Crippen LogP contribution in [0.3, 0.4) is 0 Å². The van der Waals surface area contributed by atoms with Crippen molar-refractivity contribution in [2.75, 3.05) is 10.6 Å². The molecule has 4 aromatic rings. The first-order chi connectivity index (χ1) is 12.6. The number of aryl methyl sites for hydroxylation is 2. The molecule has 3 heterocycles. The highest BCUT2D eigenvalue weighted by Gasteiger charge is 2.25. The molecular formula is C18H20N7O+. The van der Waals surface area contributed by atoms with Gasteiger partial charge in [0.15, 0.2) is 28.3 Å². The zero-order valence-corrected chi connectivity index (χ0v) is 14.7. The number of carbonyl (C=O) groups is 1. The lowest BCUT2D eigenvalue weighted by molar-refractivity contribution is -0.653. The van der Waals surface area contributed by atoms with Gasteiger partial charge in [-0.25, -0.2) is 19.1 Å². The second-order valence-corrected chi connectivity index (χ2v) is 6.09. The summed E-state index contributed by atoms with van der Waals surface area (Å²) in [5.41, 5.74) is 9.55. The number of H-pyrrole nitrogens is 1. The van der Waals surface area contributed by atoms with Crippen LogP contribution in [0.5, 0.6) is 0 Å². The summed E-state index contributed by atoms with van der Waals surface area (Å²) in [5.74, 6) is 1.56. The number of nitrogens with zero attached hydrogens (tertiary/aromatic N) is 5. The molecule has 0 fully saturated rings. The monoisotopic (exact) mass is 350 g/mol. The van der Waals surface area contributed by atoms with Crippen molar-refractivity contribution in [3.05, 3.63) is 42.4 Å². The van der Waals surface area contributed by atoms with Gasteiger partial charge in [0.25, 0.3) is 5.82 Å². The quantitative estimate of drug-likeness (QED) is 0.421. The number of benzene rings is 1. The maximum absolute atomic E-state index is 11.8. The van der Waals surface area contributed by atoms with E-state index in [0.29, 0.717) is 23.5 Å². The average Bonchev–Trinajstić information content (AvgIpc) is 3.21. The minimum atomic E-state index is 0.217. The third-order valence-corrected chi connectivity index (χ3v) is 4.65. The summed E-state index contributed by atoms with van der Waals surface area (Å²) in [6, 6.07) is 9.97. The zero-order valence-electron chi connectivity index (χ0n) is 14.7. The van der Waals surface area contributed by atoms with E-state index in [1.54, 1.807) is 12.3 Å². The second-order valence-electron chi connectivity index (χ2n) is 6.09. The Hall–Kier alpha value is -3.42. The van der Waals surface area contributed by atoms with Crippen molar-refractivity contribution in [3.8, 4) is 0 Å². The largest absolute Gasteiger partial charge is 0.381 e. The first kappa shape index (κ1) is 16.1. The lowest BCUT2D eigenvalue weighted by Crippen LogP contribution is -2.38. The molecule has 1 aromatic carbocycles. The number of aromatic nitrogens is 5.